The SMILES string of the molecule is S=P1(c2ccccc2)N(c2ccccc2)C(c2ccccc2)=C(c2ccccc2)N1c1ccccc1. The number of para-hydroxylation sites is 2. The molecular weight excluding hydrogens is 475 g/mol. The molecule has 0 atom stereocenters. The minimum Gasteiger partial charge on any atom is -0.291 e. The van der Waals surface area contributed by atoms with E-state index in [1.54, 1.807) is 0 Å². The third-order valence-corrected chi connectivity index (χ3v) is 10.9. The zero-order chi connectivity index (χ0) is 24.4. The Balaban J connectivity index is 1.77. The van der Waals surface area contributed by atoms with Gasteiger partial charge in [0.25, 0.3) is 0 Å². The van der Waals surface area contributed by atoms with E-state index in [1.165, 1.54) is 0 Å². The highest BCUT2D eigenvalue weighted by Gasteiger charge is 2.47. The first kappa shape index (κ1) is 22.5. The summed E-state index contributed by atoms with van der Waals surface area (Å²) in [4.78, 5) is 0. The molecule has 1 aliphatic rings. The van der Waals surface area contributed by atoms with Crippen molar-refractivity contribution in [2.24, 2.45) is 0 Å². The Morgan fingerprint density at radius 2 is 0.694 bits per heavy atom. The number of hydrogen-bond acceptors (Lipinski definition) is 1. The molecule has 174 valence electrons. The summed E-state index contributed by atoms with van der Waals surface area (Å²) in [6.07, 6.45) is -2.60. The number of nitrogens with zero attached hydrogens (tertiary/aromatic N) is 2. The number of anilines is 2. The molecule has 0 radical (unpaired) electrons. The van der Waals surface area contributed by atoms with Gasteiger partial charge in [-0.2, -0.15) is 0 Å². The van der Waals surface area contributed by atoms with Crippen LogP contribution in [0.15, 0.2) is 152 Å². The van der Waals surface area contributed by atoms with E-state index in [0.29, 0.717) is 0 Å². The quantitative estimate of drug-likeness (QED) is 0.225. The summed E-state index contributed by atoms with van der Waals surface area (Å²) in [5, 5.41) is 1.15. The maximum absolute atomic E-state index is 6.92. The predicted molar refractivity (Wildman–Crippen MR) is 158 cm³/mol. The molecule has 0 bridgehead atoms. The second-order valence-corrected chi connectivity index (χ2v) is 12.5. The van der Waals surface area contributed by atoms with Gasteiger partial charge in [0.05, 0.1) is 11.4 Å². The first-order chi connectivity index (χ1) is 17.8. The lowest BCUT2D eigenvalue weighted by molar-refractivity contribution is 1.43. The summed E-state index contributed by atoms with van der Waals surface area (Å²) in [7, 11) is 0. The molecule has 0 aromatic heterocycles. The Morgan fingerprint density at radius 3 is 1.06 bits per heavy atom. The van der Waals surface area contributed by atoms with E-state index in [4.69, 9.17) is 11.8 Å². The molecule has 0 saturated heterocycles. The van der Waals surface area contributed by atoms with Crippen LogP contribution in [0.3, 0.4) is 0 Å². The van der Waals surface area contributed by atoms with Gasteiger partial charge in [-0.05, 0) is 36.1 Å². The lowest BCUT2D eigenvalue weighted by Gasteiger charge is -2.38. The molecule has 0 aliphatic carbocycles. The van der Waals surface area contributed by atoms with Gasteiger partial charge in [-0.1, -0.05) is 127 Å². The minimum absolute atomic E-state index is 1.09. The third-order valence-electron chi connectivity index (χ3n) is 6.38. The Kier molecular flexibility index (Phi) is 6.03. The van der Waals surface area contributed by atoms with Gasteiger partial charge in [0, 0.05) is 27.8 Å². The molecule has 5 aromatic rings. The normalized spacial score (nSPS) is 14.8. The first-order valence-corrected chi connectivity index (χ1v) is 14.7. The molecule has 0 amide bonds. The predicted octanol–water partition coefficient (Wildman–Crippen LogP) is 8.17. The largest absolute Gasteiger partial charge is 0.291 e. The van der Waals surface area contributed by atoms with Crippen LogP contribution in [0.1, 0.15) is 11.1 Å². The molecular formula is C32H25N2PS. The van der Waals surface area contributed by atoms with Crippen LogP contribution in [0, 0.1) is 0 Å². The van der Waals surface area contributed by atoms with E-state index in [9.17, 15) is 0 Å². The van der Waals surface area contributed by atoms with Gasteiger partial charge < -0.3 is 0 Å². The van der Waals surface area contributed by atoms with E-state index < -0.39 is 6.34 Å². The van der Waals surface area contributed by atoms with Crippen LogP contribution in [-0.4, -0.2) is 0 Å². The van der Waals surface area contributed by atoms with Crippen LogP contribution in [0.4, 0.5) is 11.4 Å². The Bertz CT molecular complexity index is 1440. The van der Waals surface area contributed by atoms with Crippen molar-refractivity contribution in [1.29, 1.82) is 0 Å². The maximum atomic E-state index is 6.92. The average Bonchev–Trinajstić information content (AvgIpc) is 3.25. The summed E-state index contributed by atoms with van der Waals surface area (Å²) in [6.45, 7) is 0. The van der Waals surface area contributed by atoms with E-state index in [0.717, 1.165) is 39.2 Å². The zero-order valence-electron chi connectivity index (χ0n) is 19.7. The fourth-order valence-corrected chi connectivity index (χ4v) is 9.31. The van der Waals surface area contributed by atoms with Crippen molar-refractivity contribution in [2.75, 3.05) is 9.34 Å². The van der Waals surface area contributed by atoms with Gasteiger partial charge in [0.15, 0.2) is 6.34 Å². The molecule has 6 rings (SSSR count). The molecule has 1 heterocycles. The molecule has 0 unspecified atom stereocenters. The van der Waals surface area contributed by atoms with Crippen LogP contribution in [0.2, 0.25) is 0 Å². The highest BCUT2D eigenvalue weighted by molar-refractivity contribution is 8.20. The lowest BCUT2D eigenvalue weighted by Crippen LogP contribution is -2.28. The van der Waals surface area contributed by atoms with Crippen molar-refractivity contribution in [2.45, 2.75) is 0 Å². The van der Waals surface area contributed by atoms with Gasteiger partial charge >= 0.3 is 0 Å². The van der Waals surface area contributed by atoms with E-state index in [2.05, 4.69) is 161 Å². The Morgan fingerprint density at radius 1 is 0.389 bits per heavy atom. The molecule has 0 N–H and O–H groups in total. The molecule has 0 fully saturated rings. The van der Waals surface area contributed by atoms with E-state index in [-0.39, 0.29) is 0 Å². The minimum atomic E-state index is -2.60. The Hall–Kier alpha value is -3.91. The van der Waals surface area contributed by atoms with E-state index >= 15 is 0 Å². The summed E-state index contributed by atoms with van der Waals surface area (Å²) in [6, 6.07) is 53.1. The van der Waals surface area contributed by atoms with Gasteiger partial charge in [-0.25, -0.2) is 0 Å². The van der Waals surface area contributed by atoms with Gasteiger partial charge in [-0.15, -0.1) is 0 Å². The topological polar surface area (TPSA) is 6.48 Å². The second kappa shape index (κ2) is 9.62. The van der Waals surface area contributed by atoms with Crippen LogP contribution < -0.4 is 14.6 Å². The zero-order valence-corrected chi connectivity index (χ0v) is 21.4. The maximum Gasteiger partial charge on any atom is 0.162 e. The summed E-state index contributed by atoms with van der Waals surface area (Å²) in [5.41, 5.74) is 6.73. The van der Waals surface area contributed by atoms with Gasteiger partial charge in [0.1, 0.15) is 0 Å². The van der Waals surface area contributed by atoms with Crippen LogP contribution in [0.25, 0.3) is 11.4 Å². The lowest BCUT2D eigenvalue weighted by atomic mass is 10.0. The van der Waals surface area contributed by atoms with Crippen LogP contribution in [0.5, 0.6) is 0 Å². The van der Waals surface area contributed by atoms with Crippen molar-refractivity contribution in [3.8, 4) is 0 Å². The van der Waals surface area contributed by atoms with Gasteiger partial charge in [-0.3, -0.25) is 9.34 Å². The van der Waals surface area contributed by atoms with Crippen LogP contribution >= 0.6 is 6.34 Å². The number of hydrogen-bond donors (Lipinski definition) is 0. The highest BCUT2D eigenvalue weighted by atomic mass is 32.4. The molecule has 0 spiro atoms. The first-order valence-electron chi connectivity index (χ1n) is 12.0. The fourth-order valence-electron chi connectivity index (χ4n) is 4.83. The molecule has 1 aliphatic heterocycles. The fraction of sp³-hybridized carbons (Fsp3) is 0. The van der Waals surface area contributed by atoms with E-state index in [1.807, 2.05) is 0 Å². The number of rotatable bonds is 5. The summed E-state index contributed by atoms with van der Waals surface area (Å²) in [5.74, 6) is 0. The second-order valence-electron chi connectivity index (χ2n) is 8.60. The number of benzene rings is 5. The van der Waals surface area contributed by atoms with Crippen molar-refractivity contribution < 1.29 is 0 Å². The molecule has 0 saturated carbocycles. The van der Waals surface area contributed by atoms with Gasteiger partial charge in [0.2, 0.25) is 0 Å². The summed E-state index contributed by atoms with van der Waals surface area (Å²) < 4.78 is 4.87. The van der Waals surface area contributed by atoms with Crippen molar-refractivity contribution in [1.82, 2.24) is 0 Å². The molecule has 4 heteroatoms. The van der Waals surface area contributed by atoms with Crippen molar-refractivity contribution in [3.63, 3.8) is 0 Å². The summed E-state index contributed by atoms with van der Waals surface area (Å²) >= 11 is 6.92. The standard InChI is InChI=1S/C32H25N2PS/c36-35(30-24-14-5-15-25-30)33(28-20-10-3-11-21-28)31(26-16-6-1-7-17-26)32(27-18-8-2-9-19-27)34(35)29-22-12-4-13-23-29/h1-25H. The van der Waals surface area contributed by atoms with Crippen molar-refractivity contribution in [3.05, 3.63) is 163 Å². The smallest absolute Gasteiger partial charge is 0.162 e. The monoisotopic (exact) mass is 500 g/mol. The molecule has 36 heavy (non-hydrogen) atoms. The highest BCUT2D eigenvalue weighted by Crippen LogP contribution is 2.68. The average molecular weight is 501 g/mol. The Labute approximate surface area is 217 Å². The van der Waals surface area contributed by atoms with Crippen molar-refractivity contribution >= 4 is 46.2 Å². The molecule has 5 aromatic carbocycles. The third kappa shape index (κ3) is 3.78. The molecule has 2 nitrogen and oxygen atoms in total. The van der Waals surface area contributed by atoms with Crippen LogP contribution in [-0.2, 0) is 11.8 Å².